The van der Waals surface area contributed by atoms with Gasteiger partial charge in [0.15, 0.2) is 17.0 Å². The summed E-state index contributed by atoms with van der Waals surface area (Å²) in [6, 6.07) is 13.3. The Morgan fingerprint density at radius 3 is 2.68 bits per heavy atom. The van der Waals surface area contributed by atoms with Gasteiger partial charge in [-0.2, -0.15) is 9.97 Å². The first-order valence-corrected chi connectivity index (χ1v) is 13.1. The summed E-state index contributed by atoms with van der Waals surface area (Å²) in [6.07, 6.45) is 8.00. The Morgan fingerprint density at radius 1 is 1.12 bits per heavy atom. The molecule has 0 amide bonds. The topological polar surface area (TPSA) is 87.9 Å². The molecule has 3 N–H and O–H groups in total. The van der Waals surface area contributed by atoms with Crippen molar-refractivity contribution >= 4 is 34.3 Å². The smallest absolute Gasteiger partial charge is 0.226 e. The van der Waals surface area contributed by atoms with Crippen LogP contribution >= 0.6 is 11.3 Å². The minimum absolute atomic E-state index is 0.415. The van der Waals surface area contributed by atoms with E-state index in [4.69, 9.17) is 9.97 Å². The summed E-state index contributed by atoms with van der Waals surface area (Å²) < 4.78 is 2.21. The van der Waals surface area contributed by atoms with Crippen molar-refractivity contribution in [2.45, 2.75) is 64.1 Å². The second-order valence-electron chi connectivity index (χ2n) is 9.01. The first kappa shape index (κ1) is 22.8. The average molecular weight is 477 g/mol. The molecule has 3 heterocycles. The highest BCUT2D eigenvalue weighted by Crippen LogP contribution is 2.33. The molecule has 1 fully saturated rings. The SMILES string of the molecule is CCCC(O)CNc1nc(NCc2ccc(-c3cccs3)cc2)c2ncn(C3CCCC3)c2n1. The Balaban J connectivity index is 1.38. The van der Waals surface area contributed by atoms with Crippen molar-refractivity contribution in [3.8, 4) is 10.4 Å². The molecule has 1 aliphatic rings. The molecule has 178 valence electrons. The predicted molar refractivity (Wildman–Crippen MR) is 139 cm³/mol. The third-order valence-electron chi connectivity index (χ3n) is 6.48. The normalized spacial score (nSPS) is 15.1. The summed E-state index contributed by atoms with van der Waals surface area (Å²) >= 11 is 1.75. The maximum absolute atomic E-state index is 10.2. The zero-order valence-corrected chi connectivity index (χ0v) is 20.4. The summed E-state index contributed by atoms with van der Waals surface area (Å²) in [7, 11) is 0. The number of aliphatic hydroxyl groups excluding tert-OH is 1. The number of rotatable bonds is 10. The maximum atomic E-state index is 10.2. The van der Waals surface area contributed by atoms with Crippen molar-refractivity contribution in [1.82, 2.24) is 19.5 Å². The summed E-state index contributed by atoms with van der Waals surface area (Å²) in [6.45, 7) is 3.15. The monoisotopic (exact) mass is 476 g/mol. The number of benzene rings is 1. The molecular formula is C26H32N6OS. The van der Waals surface area contributed by atoms with Gasteiger partial charge in [-0.15, -0.1) is 11.3 Å². The van der Waals surface area contributed by atoms with Crippen molar-refractivity contribution in [2.75, 3.05) is 17.2 Å². The van der Waals surface area contributed by atoms with E-state index in [1.165, 1.54) is 28.8 Å². The Hall–Kier alpha value is -2.97. The second-order valence-corrected chi connectivity index (χ2v) is 9.96. The van der Waals surface area contributed by atoms with E-state index in [0.29, 0.717) is 25.1 Å². The van der Waals surface area contributed by atoms with Gasteiger partial charge in [0.2, 0.25) is 5.95 Å². The van der Waals surface area contributed by atoms with Crippen LogP contribution < -0.4 is 10.6 Å². The molecule has 7 nitrogen and oxygen atoms in total. The third-order valence-corrected chi connectivity index (χ3v) is 7.40. The standard InChI is InChI=1S/C26H32N6OS/c1-2-6-21(33)16-28-26-30-24(23-25(31-26)32(17-29-23)20-7-3-4-8-20)27-15-18-10-12-19(13-11-18)22-9-5-14-34-22/h5,9-14,17,20-21,33H,2-4,6-8,15-16H2,1H3,(H2,27,28,30,31). The summed E-state index contributed by atoms with van der Waals surface area (Å²) in [5.74, 6) is 1.24. The van der Waals surface area contributed by atoms with Crippen LogP contribution in [0.2, 0.25) is 0 Å². The first-order chi connectivity index (χ1) is 16.7. The molecule has 0 aliphatic heterocycles. The van der Waals surface area contributed by atoms with Crippen molar-refractivity contribution in [3.05, 3.63) is 53.7 Å². The molecule has 0 bridgehead atoms. The van der Waals surface area contributed by atoms with Crippen LogP contribution in [0.1, 0.15) is 57.1 Å². The number of hydrogen-bond acceptors (Lipinski definition) is 7. The van der Waals surface area contributed by atoms with E-state index in [2.05, 4.69) is 68.9 Å². The molecule has 1 aromatic carbocycles. The molecule has 1 atom stereocenters. The molecule has 0 spiro atoms. The van der Waals surface area contributed by atoms with Crippen LogP contribution in [0.15, 0.2) is 48.1 Å². The van der Waals surface area contributed by atoms with Crippen molar-refractivity contribution in [3.63, 3.8) is 0 Å². The van der Waals surface area contributed by atoms with Crippen molar-refractivity contribution in [2.24, 2.45) is 0 Å². The van der Waals surface area contributed by atoms with Gasteiger partial charge in [-0.05, 0) is 41.8 Å². The lowest BCUT2D eigenvalue weighted by Gasteiger charge is -2.15. The lowest BCUT2D eigenvalue weighted by Crippen LogP contribution is -2.20. The van der Waals surface area contributed by atoms with Crippen LogP contribution in [-0.4, -0.2) is 37.3 Å². The number of fused-ring (bicyclic) bond motifs is 1. The lowest BCUT2D eigenvalue weighted by molar-refractivity contribution is 0.176. The van der Waals surface area contributed by atoms with Gasteiger partial charge in [-0.1, -0.05) is 56.5 Å². The van der Waals surface area contributed by atoms with Gasteiger partial charge >= 0.3 is 0 Å². The molecule has 34 heavy (non-hydrogen) atoms. The molecule has 4 aromatic rings. The van der Waals surface area contributed by atoms with E-state index in [1.807, 2.05) is 6.33 Å². The number of imidazole rings is 1. The minimum atomic E-state index is -0.415. The van der Waals surface area contributed by atoms with Gasteiger partial charge in [-0.3, -0.25) is 0 Å². The summed E-state index contributed by atoms with van der Waals surface area (Å²) in [5, 5.41) is 19.0. The number of aromatic nitrogens is 4. The molecule has 1 aliphatic carbocycles. The van der Waals surface area contributed by atoms with E-state index >= 15 is 0 Å². The number of hydrogen-bond donors (Lipinski definition) is 3. The van der Waals surface area contributed by atoms with Crippen molar-refractivity contribution in [1.29, 1.82) is 0 Å². The lowest BCUT2D eigenvalue weighted by atomic mass is 10.1. The zero-order chi connectivity index (χ0) is 23.3. The zero-order valence-electron chi connectivity index (χ0n) is 19.6. The highest BCUT2D eigenvalue weighted by Gasteiger charge is 2.22. The predicted octanol–water partition coefficient (Wildman–Crippen LogP) is 5.85. The molecule has 1 saturated carbocycles. The van der Waals surface area contributed by atoms with Crippen LogP contribution in [-0.2, 0) is 6.54 Å². The molecule has 1 unspecified atom stereocenters. The van der Waals surface area contributed by atoms with Gasteiger partial charge in [0.1, 0.15) is 0 Å². The van der Waals surface area contributed by atoms with Gasteiger partial charge in [0, 0.05) is 24.0 Å². The Bertz CT molecular complexity index is 1200. The summed E-state index contributed by atoms with van der Waals surface area (Å²) in [4.78, 5) is 15.5. The van der Waals surface area contributed by atoms with Crippen LogP contribution in [0.3, 0.4) is 0 Å². The Morgan fingerprint density at radius 2 is 1.94 bits per heavy atom. The fourth-order valence-corrected chi connectivity index (χ4v) is 5.36. The Kier molecular flexibility index (Phi) is 7.06. The molecule has 0 saturated heterocycles. The van der Waals surface area contributed by atoms with Gasteiger partial charge < -0.3 is 20.3 Å². The molecule has 5 rings (SSSR count). The maximum Gasteiger partial charge on any atom is 0.226 e. The molecule has 3 aromatic heterocycles. The largest absolute Gasteiger partial charge is 0.391 e. The number of thiophene rings is 1. The van der Waals surface area contributed by atoms with Crippen LogP contribution in [0, 0.1) is 0 Å². The van der Waals surface area contributed by atoms with Crippen LogP contribution in [0.4, 0.5) is 11.8 Å². The average Bonchev–Trinajstić information content (AvgIpc) is 3.63. The highest BCUT2D eigenvalue weighted by atomic mass is 32.1. The minimum Gasteiger partial charge on any atom is -0.391 e. The van der Waals surface area contributed by atoms with E-state index in [-0.39, 0.29) is 0 Å². The molecule has 8 heteroatoms. The molecular weight excluding hydrogens is 444 g/mol. The first-order valence-electron chi connectivity index (χ1n) is 12.2. The van der Waals surface area contributed by atoms with E-state index in [9.17, 15) is 5.11 Å². The fraction of sp³-hybridized carbons (Fsp3) is 0.423. The Labute approximate surface area is 204 Å². The number of anilines is 2. The number of aliphatic hydroxyl groups is 1. The highest BCUT2D eigenvalue weighted by molar-refractivity contribution is 7.13. The number of nitrogens with one attached hydrogen (secondary N) is 2. The van der Waals surface area contributed by atoms with Gasteiger partial charge in [0.05, 0.1) is 12.4 Å². The van der Waals surface area contributed by atoms with Crippen molar-refractivity contribution < 1.29 is 5.11 Å². The van der Waals surface area contributed by atoms with Gasteiger partial charge in [0.25, 0.3) is 0 Å². The van der Waals surface area contributed by atoms with E-state index in [0.717, 1.165) is 42.7 Å². The quantitative estimate of drug-likeness (QED) is 0.266. The summed E-state index contributed by atoms with van der Waals surface area (Å²) in [5.41, 5.74) is 4.05. The third kappa shape index (κ3) is 5.08. The molecule has 0 radical (unpaired) electrons. The second kappa shape index (κ2) is 10.5. The van der Waals surface area contributed by atoms with Crippen LogP contribution in [0.5, 0.6) is 0 Å². The van der Waals surface area contributed by atoms with E-state index in [1.54, 1.807) is 11.3 Å². The van der Waals surface area contributed by atoms with Gasteiger partial charge in [-0.25, -0.2) is 4.98 Å². The number of nitrogens with zero attached hydrogens (tertiary/aromatic N) is 4. The van der Waals surface area contributed by atoms with Crippen LogP contribution in [0.25, 0.3) is 21.6 Å². The fourth-order valence-electron chi connectivity index (χ4n) is 4.63. The van der Waals surface area contributed by atoms with E-state index < -0.39 is 6.10 Å².